The van der Waals surface area contributed by atoms with Crippen molar-refractivity contribution in [3.8, 4) is 5.69 Å². The van der Waals surface area contributed by atoms with Crippen molar-refractivity contribution in [3.05, 3.63) is 65.8 Å². The van der Waals surface area contributed by atoms with E-state index in [4.69, 9.17) is 11.6 Å². The first-order valence-electron chi connectivity index (χ1n) is 5.66. The number of rotatable bonds is 2. The van der Waals surface area contributed by atoms with E-state index in [9.17, 15) is 0 Å². The first kappa shape index (κ1) is 11.1. The van der Waals surface area contributed by atoms with Gasteiger partial charge in [-0.2, -0.15) is 5.10 Å². The Hall–Kier alpha value is -2.06. The topological polar surface area (TPSA) is 17.8 Å². The molecule has 3 aromatic rings. The van der Waals surface area contributed by atoms with Crippen molar-refractivity contribution < 1.29 is 0 Å². The van der Waals surface area contributed by atoms with E-state index in [1.165, 1.54) is 0 Å². The zero-order valence-corrected chi connectivity index (χ0v) is 10.4. The molecule has 88 valence electrons. The molecule has 2 aromatic carbocycles. The standard InChI is InChI=1S/C15H11ClN2/c1-2-15-13-5-3-4-6-14(13)17-18(15)12-9-7-11(16)8-10-12/h2-10H,1H2. The van der Waals surface area contributed by atoms with Gasteiger partial charge in [0.05, 0.1) is 16.9 Å². The molecule has 0 N–H and O–H groups in total. The highest BCUT2D eigenvalue weighted by molar-refractivity contribution is 6.30. The number of hydrogen-bond donors (Lipinski definition) is 0. The molecule has 0 saturated carbocycles. The van der Waals surface area contributed by atoms with Gasteiger partial charge in [0, 0.05) is 10.4 Å². The van der Waals surface area contributed by atoms with Gasteiger partial charge in [-0.15, -0.1) is 0 Å². The third-order valence-electron chi connectivity index (χ3n) is 2.88. The molecule has 18 heavy (non-hydrogen) atoms. The molecule has 1 aromatic heterocycles. The minimum absolute atomic E-state index is 0.718. The van der Waals surface area contributed by atoms with E-state index in [0.29, 0.717) is 0 Å². The number of halogens is 1. The zero-order valence-electron chi connectivity index (χ0n) is 9.68. The highest BCUT2D eigenvalue weighted by Crippen LogP contribution is 2.23. The molecule has 1 heterocycles. The molecule has 3 heteroatoms. The first-order valence-corrected chi connectivity index (χ1v) is 6.03. The lowest BCUT2D eigenvalue weighted by molar-refractivity contribution is 0.886. The summed E-state index contributed by atoms with van der Waals surface area (Å²) in [5, 5.41) is 6.40. The van der Waals surface area contributed by atoms with Crippen LogP contribution in [-0.4, -0.2) is 9.78 Å². The molecule has 0 spiro atoms. The lowest BCUT2D eigenvalue weighted by Crippen LogP contribution is -1.97. The predicted octanol–water partition coefficient (Wildman–Crippen LogP) is 4.32. The average molecular weight is 255 g/mol. The van der Waals surface area contributed by atoms with E-state index < -0.39 is 0 Å². The fourth-order valence-corrected chi connectivity index (χ4v) is 2.15. The van der Waals surface area contributed by atoms with Crippen LogP contribution in [0, 0.1) is 0 Å². The molecule has 3 rings (SSSR count). The van der Waals surface area contributed by atoms with Crippen LogP contribution in [-0.2, 0) is 0 Å². The lowest BCUT2D eigenvalue weighted by atomic mass is 10.2. The summed E-state index contributed by atoms with van der Waals surface area (Å²) < 4.78 is 1.88. The second-order valence-electron chi connectivity index (χ2n) is 3.99. The Morgan fingerprint density at radius 3 is 2.50 bits per heavy atom. The first-order chi connectivity index (χ1) is 8.79. The summed E-state index contributed by atoms with van der Waals surface area (Å²) >= 11 is 5.90. The van der Waals surface area contributed by atoms with Crippen molar-refractivity contribution in [2.24, 2.45) is 0 Å². The number of benzene rings is 2. The van der Waals surface area contributed by atoms with Gasteiger partial charge in [-0.3, -0.25) is 0 Å². The molecular weight excluding hydrogens is 244 g/mol. The Balaban J connectivity index is 2.28. The number of aromatic nitrogens is 2. The van der Waals surface area contributed by atoms with Gasteiger partial charge in [0.25, 0.3) is 0 Å². The summed E-state index contributed by atoms with van der Waals surface area (Å²) in [6.07, 6.45) is 1.82. The molecule has 0 unspecified atom stereocenters. The minimum Gasteiger partial charge on any atom is -0.233 e. The van der Waals surface area contributed by atoms with Crippen LogP contribution in [0.3, 0.4) is 0 Å². The Kier molecular flexibility index (Phi) is 2.65. The fraction of sp³-hybridized carbons (Fsp3) is 0. The molecule has 0 fully saturated rings. The molecule has 0 bridgehead atoms. The Morgan fingerprint density at radius 2 is 1.78 bits per heavy atom. The van der Waals surface area contributed by atoms with E-state index in [1.54, 1.807) is 0 Å². The van der Waals surface area contributed by atoms with Crippen LogP contribution >= 0.6 is 11.6 Å². The van der Waals surface area contributed by atoms with Gasteiger partial charge in [-0.05, 0) is 36.4 Å². The number of fused-ring (bicyclic) bond motifs is 1. The summed E-state index contributed by atoms with van der Waals surface area (Å²) in [5.74, 6) is 0. The smallest absolute Gasteiger partial charge is 0.0934 e. The molecular formula is C15H11ClN2. The zero-order chi connectivity index (χ0) is 12.5. The van der Waals surface area contributed by atoms with E-state index in [0.717, 1.165) is 27.3 Å². The summed E-state index contributed by atoms with van der Waals surface area (Å²) in [5.41, 5.74) is 2.93. The maximum Gasteiger partial charge on any atom is 0.0934 e. The molecule has 0 aliphatic heterocycles. The van der Waals surface area contributed by atoms with Crippen LogP contribution in [0.15, 0.2) is 55.1 Å². The van der Waals surface area contributed by atoms with E-state index >= 15 is 0 Å². The van der Waals surface area contributed by atoms with Crippen molar-refractivity contribution >= 4 is 28.6 Å². The average Bonchev–Trinajstić information content (AvgIpc) is 2.78. The SMILES string of the molecule is C=Cc1c2ccccc2nn1-c1ccc(Cl)cc1. The van der Waals surface area contributed by atoms with Crippen molar-refractivity contribution in [3.63, 3.8) is 0 Å². The van der Waals surface area contributed by atoms with Crippen molar-refractivity contribution in [1.82, 2.24) is 9.78 Å². The van der Waals surface area contributed by atoms with Crippen molar-refractivity contribution in [2.75, 3.05) is 0 Å². The van der Waals surface area contributed by atoms with Crippen LogP contribution in [0.25, 0.3) is 22.7 Å². The van der Waals surface area contributed by atoms with Gasteiger partial charge in [-0.25, -0.2) is 4.68 Å². The van der Waals surface area contributed by atoms with Crippen LogP contribution in [0.2, 0.25) is 5.02 Å². The minimum atomic E-state index is 0.718. The van der Waals surface area contributed by atoms with E-state index in [-0.39, 0.29) is 0 Å². The molecule has 0 aliphatic carbocycles. The van der Waals surface area contributed by atoms with Crippen LogP contribution in [0.5, 0.6) is 0 Å². The molecule has 0 radical (unpaired) electrons. The number of nitrogens with zero attached hydrogens (tertiary/aromatic N) is 2. The summed E-state index contributed by atoms with van der Waals surface area (Å²) in [7, 11) is 0. The summed E-state index contributed by atoms with van der Waals surface area (Å²) in [6.45, 7) is 3.87. The monoisotopic (exact) mass is 254 g/mol. The Bertz CT molecular complexity index is 711. The quantitative estimate of drug-likeness (QED) is 0.666. The van der Waals surface area contributed by atoms with E-state index in [1.807, 2.05) is 59.3 Å². The molecule has 0 amide bonds. The molecule has 0 aliphatic rings. The second kappa shape index (κ2) is 4.31. The van der Waals surface area contributed by atoms with Crippen LogP contribution in [0.4, 0.5) is 0 Å². The second-order valence-corrected chi connectivity index (χ2v) is 4.43. The highest BCUT2D eigenvalue weighted by atomic mass is 35.5. The van der Waals surface area contributed by atoms with Crippen molar-refractivity contribution in [2.45, 2.75) is 0 Å². The molecule has 2 nitrogen and oxygen atoms in total. The van der Waals surface area contributed by atoms with Gasteiger partial charge < -0.3 is 0 Å². The predicted molar refractivity (Wildman–Crippen MR) is 76.2 cm³/mol. The maximum atomic E-state index is 5.90. The summed E-state index contributed by atoms with van der Waals surface area (Å²) in [6, 6.07) is 15.6. The third-order valence-corrected chi connectivity index (χ3v) is 3.13. The molecule has 0 saturated heterocycles. The van der Waals surface area contributed by atoms with Crippen LogP contribution in [0.1, 0.15) is 5.69 Å². The van der Waals surface area contributed by atoms with Gasteiger partial charge >= 0.3 is 0 Å². The Morgan fingerprint density at radius 1 is 1.06 bits per heavy atom. The normalized spacial score (nSPS) is 10.7. The summed E-state index contributed by atoms with van der Waals surface area (Å²) in [4.78, 5) is 0. The Labute approximate surface area is 110 Å². The van der Waals surface area contributed by atoms with Crippen molar-refractivity contribution in [1.29, 1.82) is 0 Å². The fourth-order valence-electron chi connectivity index (χ4n) is 2.03. The van der Waals surface area contributed by atoms with Gasteiger partial charge in [0.1, 0.15) is 0 Å². The number of hydrogen-bond acceptors (Lipinski definition) is 1. The highest BCUT2D eigenvalue weighted by Gasteiger charge is 2.09. The van der Waals surface area contributed by atoms with Gasteiger partial charge in [0.2, 0.25) is 0 Å². The van der Waals surface area contributed by atoms with Gasteiger partial charge in [-0.1, -0.05) is 36.4 Å². The maximum absolute atomic E-state index is 5.90. The largest absolute Gasteiger partial charge is 0.233 e. The molecule has 0 atom stereocenters. The lowest BCUT2D eigenvalue weighted by Gasteiger charge is -2.04. The van der Waals surface area contributed by atoms with Gasteiger partial charge in [0.15, 0.2) is 0 Å². The third kappa shape index (κ3) is 1.71. The van der Waals surface area contributed by atoms with E-state index in [2.05, 4.69) is 11.7 Å². The van der Waals surface area contributed by atoms with Crippen LogP contribution < -0.4 is 0 Å².